The van der Waals surface area contributed by atoms with Crippen molar-refractivity contribution in [2.24, 2.45) is 0 Å². The second-order valence-electron chi connectivity index (χ2n) is 6.04. The molecule has 0 spiro atoms. The van der Waals surface area contributed by atoms with E-state index in [-0.39, 0.29) is 23.1 Å². The third-order valence-corrected chi connectivity index (χ3v) is 4.38. The standard InChI is InChI=1S/C19H22N2O3/c1-3-24-15-9-7-14(8-10-15)17-5-4-12-21(17)19(23)16-11-6-13(2)20-18(16)22/h6-11,17H,3-5,12H2,1-2H3,(H,20,22). The molecule has 1 N–H and O–H groups in total. The minimum atomic E-state index is -0.322. The Balaban J connectivity index is 1.84. The maximum atomic E-state index is 12.8. The van der Waals surface area contributed by atoms with E-state index in [0.717, 1.165) is 29.8 Å². The Labute approximate surface area is 141 Å². The summed E-state index contributed by atoms with van der Waals surface area (Å²) in [5.41, 5.74) is 1.71. The Morgan fingerprint density at radius 2 is 2.00 bits per heavy atom. The van der Waals surface area contributed by atoms with Crippen LogP contribution in [0, 0.1) is 6.92 Å². The number of aryl methyl sites for hydroxylation is 1. The van der Waals surface area contributed by atoms with Crippen molar-refractivity contribution < 1.29 is 9.53 Å². The first-order valence-electron chi connectivity index (χ1n) is 8.34. The molecule has 5 heteroatoms. The third-order valence-electron chi connectivity index (χ3n) is 4.38. The third kappa shape index (κ3) is 3.20. The lowest BCUT2D eigenvalue weighted by Crippen LogP contribution is -2.34. The highest BCUT2D eigenvalue weighted by molar-refractivity contribution is 5.94. The van der Waals surface area contributed by atoms with E-state index in [1.54, 1.807) is 24.0 Å². The number of hydrogen-bond donors (Lipinski definition) is 1. The molecule has 126 valence electrons. The average Bonchev–Trinajstić information content (AvgIpc) is 3.05. The summed E-state index contributed by atoms with van der Waals surface area (Å²) in [5, 5.41) is 0. The van der Waals surface area contributed by atoms with Crippen LogP contribution in [-0.4, -0.2) is 28.9 Å². The van der Waals surface area contributed by atoms with Crippen molar-refractivity contribution in [2.75, 3.05) is 13.2 Å². The highest BCUT2D eigenvalue weighted by Gasteiger charge is 2.31. The number of H-pyrrole nitrogens is 1. The Bertz CT molecular complexity index is 780. The molecule has 0 aliphatic carbocycles. The molecule has 0 saturated carbocycles. The first-order valence-corrected chi connectivity index (χ1v) is 8.34. The van der Waals surface area contributed by atoms with E-state index in [1.165, 1.54) is 0 Å². The maximum absolute atomic E-state index is 12.8. The molecule has 2 aromatic rings. The molecule has 1 aliphatic rings. The number of ether oxygens (including phenoxy) is 1. The van der Waals surface area contributed by atoms with Crippen LogP contribution in [0.5, 0.6) is 5.75 Å². The summed E-state index contributed by atoms with van der Waals surface area (Å²) in [7, 11) is 0. The van der Waals surface area contributed by atoms with Gasteiger partial charge in [-0.15, -0.1) is 0 Å². The molecular formula is C19H22N2O3. The summed E-state index contributed by atoms with van der Waals surface area (Å²) in [6.07, 6.45) is 1.84. The van der Waals surface area contributed by atoms with Gasteiger partial charge >= 0.3 is 0 Å². The zero-order valence-corrected chi connectivity index (χ0v) is 14.0. The number of hydrogen-bond acceptors (Lipinski definition) is 3. The summed E-state index contributed by atoms with van der Waals surface area (Å²) in [6.45, 7) is 5.05. The maximum Gasteiger partial charge on any atom is 0.260 e. The van der Waals surface area contributed by atoms with Crippen LogP contribution >= 0.6 is 0 Å². The van der Waals surface area contributed by atoms with Gasteiger partial charge in [0, 0.05) is 12.2 Å². The molecule has 1 saturated heterocycles. The summed E-state index contributed by atoms with van der Waals surface area (Å²) < 4.78 is 5.47. The number of nitrogens with zero attached hydrogens (tertiary/aromatic N) is 1. The zero-order chi connectivity index (χ0) is 17.1. The lowest BCUT2D eigenvalue weighted by molar-refractivity contribution is 0.0734. The molecule has 1 aliphatic heterocycles. The highest BCUT2D eigenvalue weighted by Crippen LogP contribution is 2.33. The van der Waals surface area contributed by atoms with Gasteiger partial charge in [-0.1, -0.05) is 12.1 Å². The predicted molar refractivity (Wildman–Crippen MR) is 92.4 cm³/mol. The quantitative estimate of drug-likeness (QED) is 0.939. The van der Waals surface area contributed by atoms with Crippen LogP contribution in [0.1, 0.15) is 47.4 Å². The second kappa shape index (κ2) is 6.91. The van der Waals surface area contributed by atoms with E-state index < -0.39 is 0 Å². The number of amides is 1. The Morgan fingerprint density at radius 1 is 1.25 bits per heavy atom. The van der Waals surface area contributed by atoms with Crippen LogP contribution in [0.4, 0.5) is 0 Å². The van der Waals surface area contributed by atoms with Crippen LogP contribution < -0.4 is 10.3 Å². The van der Waals surface area contributed by atoms with Gasteiger partial charge in [0.25, 0.3) is 11.5 Å². The van der Waals surface area contributed by atoms with Crippen molar-refractivity contribution in [3.05, 3.63) is 63.6 Å². The normalized spacial score (nSPS) is 17.1. The van der Waals surface area contributed by atoms with Crippen LogP contribution in [0.25, 0.3) is 0 Å². The highest BCUT2D eigenvalue weighted by atomic mass is 16.5. The SMILES string of the molecule is CCOc1ccc(C2CCCN2C(=O)c2ccc(C)[nH]c2=O)cc1. The van der Waals surface area contributed by atoms with E-state index in [1.807, 2.05) is 31.2 Å². The average molecular weight is 326 g/mol. The molecule has 1 unspecified atom stereocenters. The number of pyridine rings is 1. The van der Waals surface area contributed by atoms with E-state index >= 15 is 0 Å². The number of aromatic amines is 1. The fourth-order valence-electron chi connectivity index (χ4n) is 3.20. The van der Waals surface area contributed by atoms with Gasteiger partial charge in [0.05, 0.1) is 12.6 Å². The molecule has 0 radical (unpaired) electrons. The molecule has 5 nitrogen and oxygen atoms in total. The number of carbonyl (C=O) groups is 1. The lowest BCUT2D eigenvalue weighted by Gasteiger charge is -2.25. The van der Waals surface area contributed by atoms with Gasteiger partial charge in [-0.2, -0.15) is 0 Å². The Morgan fingerprint density at radius 3 is 2.67 bits per heavy atom. The predicted octanol–water partition coefficient (Wildman–Crippen LogP) is 3.06. The van der Waals surface area contributed by atoms with Crippen molar-refractivity contribution in [3.8, 4) is 5.75 Å². The van der Waals surface area contributed by atoms with E-state index in [2.05, 4.69) is 4.98 Å². The molecule has 1 aromatic carbocycles. The smallest absolute Gasteiger partial charge is 0.260 e. The summed E-state index contributed by atoms with van der Waals surface area (Å²) in [6, 6.07) is 11.2. The zero-order valence-electron chi connectivity index (χ0n) is 14.0. The van der Waals surface area contributed by atoms with Crippen LogP contribution in [0.15, 0.2) is 41.2 Å². The van der Waals surface area contributed by atoms with Gasteiger partial charge < -0.3 is 14.6 Å². The molecule has 1 amide bonds. The van der Waals surface area contributed by atoms with Crippen LogP contribution in [0.2, 0.25) is 0 Å². The molecule has 0 bridgehead atoms. The number of likely N-dealkylation sites (tertiary alicyclic amines) is 1. The van der Waals surface area contributed by atoms with Gasteiger partial charge in [0.2, 0.25) is 0 Å². The second-order valence-corrected chi connectivity index (χ2v) is 6.04. The Hall–Kier alpha value is -2.56. The summed E-state index contributed by atoms with van der Waals surface area (Å²) >= 11 is 0. The largest absolute Gasteiger partial charge is 0.494 e. The molecular weight excluding hydrogens is 304 g/mol. The number of benzene rings is 1. The van der Waals surface area contributed by atoms with Gasteiger partial charge in [0.15, 0.2) is 0 Å². The first kappa shape index (κ1) is 16.3. The molecule has 1 atom stereocenters. The monoisotopic (exact) mass is 326 g/mol. The minimum absolute atomic E-state index is 0.00822. The molecule has 3 rings (SSSR count). The minimum Gasteiger partial charge on any atom is -0.494 e. The number of aromatic nitrogens is 1. The first-order chi connectivity index (χ1) is 11.6. The number of carbonyl (C=O) groups excluding carboxylic acids is 1. The summed E-state index contributed by atoms with van der Waals surface area (Å²) in [4.78, 5) is 29.4. The van der Waals surface area contributed by atoms with Gasteiger partial charge in [-0.3, -0.25) is 9.59 Å². The van der Waals surface area contributed by atoms with Crippen molar-refractivity contribution >= 4 is 5.91 Å². The van der Waals surface area contributed by atoms with E-state index in [4.69, 9.17) is 4.74 Å². The number of nitrogens with one attached hydrogen (secondary N) is 1. The van der Waals surface area contributed by atoms with Gasteiger partial charge in [0.1, 0.15) is 11.3 Å². The van der Waals surface area contributed by atoms with Crippen molar-refractivity contribution in [1.82, 2.24) is 9.88 Å². The van der Waals surface area contributed by atoms with Gasteiger partial charge in [-0.25, -0.2) is 0 Å². The molecule has 1 fully saturated rings. The number of rotatable bonds is 4. The van der Waals surface area contributed by atoms with Crippen molar-refractivity contribution in [1.29, 1.82) is 0 Å². The molecule has 2 heterocycles. The van der Waals surface area contributed by atoms with E-state index in [0.29, 0.717) is 13.2 Å². The fourth-order valence-corrected chi connectivity index (χ4v) is 3.20. The molecule has 1 aromatic heterocycles. The van der Waals surface area contributed by atoms with Crippen LogP contribution in [0.3, 0.4) is 0 Å². The lowest BCUT2D eigenvalue weighted by atomic mass is 10.0. The fraction of sp³-hybridized carbons (Fsp3) is 0.368. The summed E-state index contributed by atoms with van der Waals surface area (Å²) in [5.74, 6) is 0.625. The topological polar surface area (TPSA) is 62.4 Å². The van der Waals surface area contributed by atoms with E-state index in [9.17, 15) is 9.59 Å². The van der Waals surface area contributed by atoms with Gasteiger partial charge in [-0.05, 0) is 56.5 Å². The Kier molecular flexibility index (Phi) is 4.69. The van der Waals surface area contributed by atoms with Crippen LogP contribution in [-0.2, 0) is 0 Å². The molecule has 24 heavy (non-hydrogen) atoms. The van der Waals surface area contributed by atoms with Crippen molar-refractivity contribution in [3.63, 3.8) is 0 Å². The van der Waals surface area contributed by atoms with Crippen molar-refractivity contribution in [2.45, 2.75) is 32.7 Å².